The summed E-state index contributed by atoms with van der Waals surface area (Å²) in [6.45, 7) is 1.42. The Bertz CT molecular complexity index is 1950. The second-order valence-corrected chi connectivity index (χ2v) is 11.2. The molecular weight excluding hydrogens is 525 g/mol. The van der Waals surface area contributed by atoms with Gasteiger partial charge in [0.15, 0.2) is 0 Å². The molecule has 1 saturated heterocycles. The molecule has 0 amide bonds. The normalized spacial score (nSPS) is 20.3. The van der Waals surface area contributed by atoms with E-state index < -0.39 is 17.2 Å². The van der Waals surface area contributed by atoms with Gasteiger partial charge in [-0.2, -0.15) is 5.26 Å². The third kappa shape index (κ3) is 3.50. The van der Waals surface area contributed by atoms with Crippen molar-refractivity contribution >= 4 is 28.4 Å². The fraction of sp³-hybridized carbons (Fsp3) is 0.300. The third-order valence-electron chi connectivity index (χ3n) is 9.00. The van der Waals surface area contributed by atoms with Crippen LogP contribution in [0.25, 0.3) is 33.3 Å². The highest BCUT2D eigenvalue weighted by Gasteiger charge is 2.56. The number of hydrogen-bond donors (Lipinski definition) is 3. The van der Waals surface area contributed by atoms with E-state index in [9.17, 15) is 20.0 Å². The van der Waals surface area contributed by atoms with Gasteiger partial charge >= 0.3 is 5.97 Å². The number of nitrogens with two attached hydrogens (primary N) is 1. The van der Waals surface area contributed by atoms with Gasteiger partial charge in [-0.25, -0.2) is 14.2 Å². The second kappa shape index (κ2) is 8.59. The molecule has 0 bridgehead atoms. The van der Waals surface area contributed by atoms with Crippen LogP contribution in [0.4, 0.5) is 15.8 Å². The van der Waals surface area contributed by atoms with Gasteiger partial charge in [-0.05, 0) is 30.5 Å². The highest BCUT2D eigenvalue weighted by atomic mass is 19.1. The molecule has 3 aromatic heterocycles. The second-order valence-electron chi connectivity index (χ2n) is 11.2. The zero-order valence-electron chi connectivity index (χ0n) is 22.5. The molecule has 0 unspecified atom stereocenters. The molecule has 1 saturated carbocycles. The first kappa shape index (κ1) is 25.2. The molecular formula is C30H26FN7O3. The van der Waals surface area contributed by atoms with Gasteiger partial charge in [-0.1, -0.05) is 0 Å². The lowest BCUT2D eigenvalue weighted by Gasteiger charge is -2.26. The molecule has 2 atom stereocenters. The highest BCUT2D eigenvalue weighted by molar-refractivity contribution is 6.00. The minimum absolute atomic E-state index is 0.0128. The van der Waals surface area contributed by atoms with E-state index >= 15 is 4.39 Å². The number of carboxylic acids is 1. The number of rotatable bonds is 4. The number of halogens is 1. The van der Waals surface area contributed by atoms with Crippen molar-refractivity contribution in [1.82, 2.24) is 14.5 Å². The number of carboxylic acid groups (broad SMARTS) is 1. The van der Waals surface area contributed by atoms with Crippen LogP contribution in [0.1, 0.15) is 40.0 Å². The number of hydrogen-bond acceptors (Lipinski definition) is 8. The monoisotopic (exact) mass is 551 g/mol. The summed E-state index contributed by atoms with van der Waals surface area (Å²) in [7, 11) is 3.36. The maximum Gasteiger partial charge on any atom is 0.341 e. The van der Waals surface area contributed by atoms with Crippen molar-refractivity contribution in [1.29, 1.82) is 5.26 Å². The van der Waals surface area contributed by atoms with Gasteiger partial charge in [0.25, 0.3) is 0 Å². The van der Waals surface area contributed by atoms with Crippen LogP contribution in [-0.2, 0) is 13.5 Å². The number of aromatic nitrogens is 3. The molecule has 1 spiro atoms. The van der Waals surface area contributed by atoms with E-state index in [0.29, 0.717) is 53.1 Å². The first-order chi connectivity index (χ1) is 19.7. The van der Waals surface area contributed by atoms with Crippen molar-refractivity contribution in [2.24, 2.45) is 18.2 Å². The Morgan fingerprint density at radius 1 is 1.29 bits per heavy atom. The summed E-state index contributed by atoms with van der Waals surface area (Å²) >= 11 is 0. The number of pyridine rings is 3. The Hall–Kier alpha value is -4.82. The average molecular weight is 552 g/mol. The Kier molecular flexibility index (Phi) is 5.27. The first-order valence-electron chi connectivity index (χ1n) is 13.4. The Balaban J connectivity index is 1.52. The van der Waals surface area contributed by atoms with Crippen molar-refractivity contribution in [2.75, 3.05) is 30.4 Å². The minimum atomic E-state index is -1.32. The van der Waals surface area contributed by atoms with Gasteiger partial charge in [0.05, 0.1) is 22.3 Å². The van der Waals surface area contributed by atoms with Crippen molar-refractivity contribution in [2.45, 2.75) is 25.3 Å². The Morgan fingerprint density at radius 2 is 2.07 bits per heavy atom. The van der Waals surface area contributed by atoms with E-state index in [1.807, 2.05) is 0 Å². The molecule has 4 aromatic rings. The summed E-state index contributed by atoms with van der Waals surface area (Å²) in [5, 5.41) is 22.9. The van der Waals surface area contributed by atoms with Crippen LogP contribution in [-0.4, -0.2) is 51.8 Å². The zero-order valence-corrected chi connectivity index (χ0v) is 22.5. The summed E-state index contributed by atoms with van der Waals surface area (Å²) in [6.07, 6.45) is 6.89. The summed E-state index contributed by atoms with van der Waals surface area (Å²) < 4.78 is 16.8. The number of carbonyl (C=O) groups is 1. The number of nitriles is 1. The zero-order chi connectivity index (χ0) is 28.8. The molecule has 3 aliphatic rings. The van der Waals surface area contributed by atoms with Crippen molar-refractivity contribution in [3.8, 4) is 28.3 Å². The van der Waals surface area contributed by atoms with Gasteiger partial charge in [0.1, 0.15) is 23.1 Å². The average Bonchev–Trinajstić information content (AvgIpc) is 3.26. The number of anilines is 2. The van der Waals surface area contributed by atoms with E-state index in [1.165, 1.54) is 16.8 Å². The van der Waals surface area contributed by atoms with E-state index in [-0.39, 0.29) is 28.0 Å². The molecule has 4 heterocycles. The predicted molar refractivity (Wildman–Crippen MR) is 151 cm³/mol. The van der Waals surface area contributed by atoms with Gasteiger partial charge in [-0.15, -0.1) is 0 Å². The largest absolute Gasteiger partial charge is 0.477 e. The van der Waals surface area contributed by atoms with Crippen molar-refractivity contribution < 1.29 is 14.3 Å². The minimum Gasteiger partial charge on any atom is -0.477 e. The van der Waals surface area contributed by atoms with Crippen molar-refractivity contribution in [3.05, 3.63) is 69.1 Å². The maximum atomic E-state index is 15.3. The van der Waals surface area contributed by atoms with Gasteiger partial charge < -0.3 is 25.6 Å². The summed E-state index contributed by atoms with van der Waals surface area (Å²) in [5.74, 6) is -1.93. The summed E-state index contributed by atoms with van der Waals surface area (Å²) in [4.78, 5) is 36.5. The topological polar surface area (TPSA) is 150 Å². The molecule has 1 aromatic carbocycles. The predicted octanol–water partition coefficient (Wildman–Crippen LogP) is 3.24. The van der Waals surface area contributed by atoms with E-state index in [2.05, 4.69) is 21.3 Å². The first-order valence-corrected chi connectivity index (χ1v) is 13.4. The molecule has 11 heteroatoms. The van der Waals surface area contributed by atoms with Crippen LogP contribution in [0.3, 0.4) is 0 Å². The van der Waals surface area contributed by atoms with E-state index in [4.69, 9.17) is 10.7 Å². The molecule has 41 heavy (non-hydrogen) atoms. The van der Waals surface area contributed by atoms with E-state index in [1.54, 1.807) is 32.6 Å². The van der Waals surface area contributed by atoms with Gasteiger partial charge in [0.2, 0.25) is 5.43 Å². The van der Waals surface area contributed by atoms with Gasteiger partial charge in [-0.3, -0.25) is 9.78 Å². The summed E-state index contributed by atoms with van der Waals surface area (Å²) in [6, 6.07) is 5.18. The number of aryl methyl sites for hydroxylation is 1. The molecule has 10 nitrogen and oxygen atoms in total. The third-order valence-corrected chi connectivity index (χ3v) is 9.00. The molecule has 0 radical (unpaired) electrons. The standard InChI is InChI=1S/C30H26FN7O3/c1-34-21-7-20(31)17(9-32)24-15(21)6-22-25(24)26(38-4-3-30(13-38)8-23(30)33)18(11-35-22)14-5-16-27(39)19(29(40)41)12-37(2)28(16)36-10-14/h5,7,10-12,23,34H,3-4,6,8,13,33H2,1-2H3,(H,40,41)/t23-,30-/m1/s1. The Morgan fingerprint density at radius 3 is 2.73 bits per heavy atom. The number of nitrogens with zero attached hydrogens (tertiary/aromatic N) is 5. The van der Waals surface area contributed by atoms with Crippen LogP contribution in [0, 0.1) is 22.6 Å². The smallest absolute Gasteiger partial charge is 0.341 e. The number of aromatic carboxylic acids is 1. The lowest BCUT2D eigenvalue weighted by molar-refractivity contribution is 0.0695. The molecule has 1 aliphatic heterocycles. The van der Waals surface area contributed by atoms with Crippen LogP contribution in [0.5, 0.6) is 0 Å². The summed E-state index contributed by atoms with van der Waals surface area (Å²) in [5.41, 5.74) is 11.1. The lowest BCUT2D eigenvalue weighted by atomic mass is 9.94. The number of fused-ring (bicyclic) bond motifs is 4. The maximum absolute atomic E-state index is 15.3. The fourth-order valence-electron chi connectivity index (χ4n) is 6.73. The number of nitrogens with one attached hydrogen (secondary N) is 1. The van der Waals surface area contributed by atoms with Crippen LogP contribution >= 0.6 is 0 Å². The quantitative estimate of drug-likeness (QED) is 0.306. The molecule has 7 rings (SSSR count). The van der Waals surface area contributed by atoms with Crippen LogP contribution in [0.2, 0.25) is 0 Å². The lowest BCUT2D eigenvalue weighted by Crippen LogP contribution is -2.24. The van der Waals surface area contributed by atoms with Crippen molar-refractivity contribution in [3.63, 3.8) is 0 Å². The SMILES string of the molecule is CNc1cc(F)c(C#N)c2c1Cc1ncc(-c3cnc4c(c3)c(=O)c(C(=O)O)cn4C)c(N3CC[C@@]4(C[C@H]4N)C3)c1-2. The molecule has 206 valence electrons. The molecule has 4 N–H and O–H groups in total. The van der Waals surface area contributed by atoms with E-state index in [0.717, 1.165) is 29.8 Å². The number of benzene rings is 1. The van der Waals surface area contributed by atoms with Gasteiger partial charge in [0, 0.05) is 91.6 Å². The Labute approximate surface area is 233 Å². The van der Waals surface area contributed by atoms with Crippen LogP contribution in [0.15, 0.2) is 35.5 Å². The molecule has 2 fully saturated rings. The fourth-order valence-corrected chi connectivity index (χ4v) is 6.73. The van der Waals surface area contributed by atoms with Crippen LogP contribution < -0.4 is 21.4 Å². The molecule has 2 aliphatic carbocycles. The highest BCUT2D eigenvalue weighted by Crippen LogP contribution is 2.56.